The van der Waals surface area contributed by atoms with Crippen LogP contribution in [0.4, 0.5) is 0 Å². The monoisotopic (exact) mass is 588 g/mol. The highest BCUT2D eigenvalue weighted by Gasteiger charge is 2.27. The van der Waals surface area contributed by atoms with E-state index in [0.29, 0.717) is 18.9 Å². The summed E-state index contributed by atoms with van der Waals surface area (Å²) in [7, 11) is 0. The first kappa shape index (κ1) is 24.5. The molecule has 0 aromatic carbocycles. The maximum Gasteiger partial charge on any atom is 0.352 e. The minimum atomic E-state index is -0.489. The molecular weight excluding hydrogens is 564 g/mol. The van der Waals surface area contributed by atoms with Crippen molar-refractivity contribution < 1.29 is 0 Å². The Morgan fingerprint density at radius 2 is 1.74 bits per heavy atom. The molecule has 0 spiro atoms. The third kappa shape index (κ3) is 4.57. The fraction of sp³-hybridized carbons (Fsp3) is 0.360. The van der Waals surface area contributed by atoms with E-state index in [1.807, 2.05) is 23.6 Å². The Balaban J connectivity index is 1.75. The first-order valence-corrected chi connectivity index (χ1v) is 15.1. The molecule has 3 aromatic rings. The number of nitrogens with zero attached hydrogens (tertiary/aromatic N) is 4. The van der Waals surface area contributed by atoms with Gasteiger partial charge in [-0.1, -0.05) is 38.7 Å². The molecule has 0 radical (unpaired) electrons. The molecule has 0 fully saturated rings. The molecule has 35 heavy (non-hydrogen) atoms. The highest BCUT2D eigenvalue weighted by Crippen LogP contribution is 2.47. The number of fused-ring (bicyclic) bond motifs is 2. The molecule has 2 aliphatic heterocycles. The Bertz CT molecular complexity index is 1560. The highest BCUT2D eigenvalue weighted by molar-refractivity contribution is 9.11. The molecular formula is C25H25BrN4O2S3. The van der Waals surface area contributed by atoms with Crippen molar-refractivity contribution in [1.29, 1.82) is 0 Å². The van der Waals surface area contributed by atoms with Crippen LogP contribution in [0.5, 0.6) is 0 Å². The molecule has 10 heteroatoms. The van der Waals surface area contributed by atoms with Crippen LogP contribution in [0.3, 0.4) is 0 Å². The van der Waals surface area contributed by atoms with Gasteiger partial charge in [-0.05, 0) is 52.9 Å². The van der Waals surface area contributed by atoms with E-state index in [2.05, 4.69) is 45.4 Å². The van der Waals surface area contributed by atoms with Crippen molar-refractivity contribution in [3.05, 3.63) is 54.3 Å². The second-order valence-corrected chi connectivity index (χ2v) is 12.8. The zero-order chi connectivity index (χ0) is 24.5. The maximum absolute atomic E-state index is 13.5. The van der Waals surface area contributed by atoms with E-state index in [1.165, 1.54) is 4.57 Å². The average Bonchev–Trinajstić information content (AvgIpc) is 3.59. The van der Waals surface area contributed by atoms with Crippen LogP contribution in [0.2, 0.25) is 0 Å². The van der Waals surface area contributed by atoms with Gasteiger partial charge in [0.25, 0.3) is 5.56 Å². The molecule has 0 unspecified atom stereocenters. The molecule has 0 saturated carbocycles. The lowest BCUT2D eigenvalue weighted by atomic mass is 10.1. The number of aryl methyl sites for hydroxylation is 1. The number of rotatable bonds is 9. The molecule has 2 aliphatic rings. The van der Waals surface area contributed by atoms with E-state index < -0.39 is 5.69 Å². The molecule has 5 rings (SSSR count). The third-order valence-electron chi connectivity index (χ3n) is 6.04. The number of halogens is 1. The predicted molar refractivity (Wildman–Crippen MR) is 151 cm³/mol. The Labute approximate surface area is 223 Å². The van der Waals surface area contributed by atoms with Gasteiger partial charge in [0.1, 0.15) is 5.52 Å². The lowest BCUT2D eigenvalue weighted by molar-refractivity contribution is 0.538. The van der Waals surface area contributed by atoms with Gasteiger partial charge in [-0.15, -0.1) is 34.0 Å². The van der Waals surface area contributed by atoms with Gasteiger partial charge >= 0.3 is 5.69 Å². The summed E-state index contributed by atoms with van der Waals surface area (Å²) in [6, 6.07) is 8.23. The molecule has 3 aromatic heterocycles. The second kappa shape index (κ2) is 10.5. The molecule has 0 aliphatic carbocycles. The standard InChI is InChI=1S/C25H25BrN4O2S3/c1-3-5-6-7-8-13-30-24(31)19-23(28-25(30)32)29(4-2)20-18(27-19)21(16-11-12-17(26)34-16)35-22(20)15-10-9-14-33-15/h9-12,14H,3-8,13H2,1-2H3. The van der Waals surface area contributed by atoms with Gasteiger partial charge in [-0.2, -0.15) is 4.98 Å². The van der Waals surface area contributed by atoms with Crippen LogP contribution in [0.15, 0.2) is 43.0 Å². The lowest BCUT2D eigenvalue weighted by Crippen LogP contribution is -2.38. The molecule has 0 saturated heterocycles. The van der Waals surface area contributed by atoms with E-state index in [1.54, 1.807) is 34.0 Å². The number of aromatic nitrogens is 4. The molecule has 5 heterocycles. The number of unbranched alkanes of at least 4 members (excludes halogenated alkanes) is 4. The number of hydrogen-bond donors (Lipinski definition) is 0. The molecule has 0 atom stereocenters. The van der Waals surface area contributed by atoms with E-state index in [4.69, 9.17) is 4.98 Å². The van der Waals surface area contributed by atoms with Crippen molar-refractivity contribution in [3.8, 4) is 31.0 Å². The summed E-state index contributed by atoms with van der Waals surface area (Å²) >= 11 is 8.56. The topological polar surface area (TPSA) is 69.8 Å². The summed E-state index contributed by atoms with van der Waals surface area (Å²) in [5.41, 5.74) is 1.14. The maximum atomic E-state index is 13.5. The first-order chi connectivity index (χ1) is 17.0. The smallest absolute Gasteiger partial charge is 0.321 e. The minimum absolute atomic E-state index is 0.264. The van der Waals surface area contributed by atoms with Crippen LogP contribution in [-0.2, 0) is 13.1 Å². The summed E-state index contributed by atoms with van der Waals surface area (Å²) in [4.78, 5) is 40.1. The zero-order valence-electron chi connectivity index (χ0n) is 19.5. The summed E-state index contributed by atoms with van der Waals surface area (Å²) < 4.78 is 4.30. The fourth-order valence-electron chi connectivity index (χ4n) is 4.34. The van der Waals surface area contributed by atoms with Gasteiger partial charge in [0.15, 0.2) is 11.5 Å². The highest BCUT2D eigenvalue weighted by atomic mass is 79.9. The quantitative estimate of drug-likeness (QED) is 0.169. The summed E-state index contributed by atoms with van der Waals surface area (Å²) in [6.07, 6.45) is 5.20. The van der Waals surface area contributed by atoms with E-state index in [9.17, 15) is 9.59 Å². The number of thiophene rings is 3. The number of hydrogen-bond acceptors (Lipinski definition) is 7. The molecule has 182 valence electrons. The van der Waals surface area contributed by atoms with Gasteiger partial charge in [-0.25, -0.2) is 9.78 Å². The van der Waals surface area contributed by atoms with Gasteiger partial charge < -0.3 is 4.57 Å². The van der Waals surface area contributed by atoms with E-state index in [0.717, 1.165) is 66.4 Å². The molecule has 0 bridgehead atoms. The van der Waals surface area contributed by atoms with Crippen LogP contribution >= 0.6 is 49.9 Å². The first-order valence-electron chi connectivity index (χ1n) is 11.8. The van der Waals surface area contributed by atoms with Crippen LogP contribution in [0.25, 0.3) is 42.1 Å². The van der Waals surface area contributed by atoms with Crippen LogP contribution < -0.4 is 11.2 Å². The predicted octanol–water partition coefficient (Wildman–Crippen LogP) is 7.33. The Hall–Kier alpha value is -2.14. The van der Waals surface area contributed by atoms with Gasteiger partial charge in [-0.3, -0.25) is 9.36 Å². The Morgan fingerprint density at radius 3 is 2.43 bits per heavy atom. The van der Waals surface area contributed by atoms with Crippen molar-refractivity contribution in [1.82, 2.24) is 19.1 Å². The Morgan fingerprint density at radius 1 is 0.914 bits per heavy atom. The zero-order valence-corrected chi connectivity index (χ0v) is 23.6. The largest absolute Gasteiger partial charge is 0.352 e. The minimum Gasteiger partial charge on any atom is -0.321 e. The van der Waals surface area contributed by atoms with Crippen LogP contribution in [0.1, 0.15) is 46.0 Å². The van der Waals surface area contributed by atoms with Crippen molar-refractivity contribution in [2.75, 3.05) is 0 Å². The van der Waals surface area contributed by atoms with Crippen LogP contribution in [-0.4, -0.2) is 19.1 Å². The van der Waals surface area contributed by atoms with Gasteiger partial charge in [0.05, 0.1) is 19.1 Å². The van der Waals surface area contributed by atoms with Crippen molar-refractivity contribution in [2.24, 2.45) is 0 Å². The van der Waals surface area contributed by atoms with Crippen molar-refractivity contribution >= 4 is 61.0 Å². The summed E-state index contributed by atoms with van der Waals surface area (Å²) in [5.74, 6) is 0.367. The molecule has 0 N–H and O–H groups in total. The third-order valence-corrected chi connectivity index (χ3v) is 10.1. The normalized spacial score (nSPS) is 11.7. The van der Waals surface area contributed by atoms with E-state index in [-0.39, 0.29) is 11.3 Å². The molecule has 6 nitrogen and oxygen atoms in total. The summed E-state index contributed by atoms with van der Waals surface area (Å²) in [6.45, 7) is 5.14. The Kier molecular flexibility index (Phi) is 7.34. The van der Waals surface area contributed by atoms with Crippen molar-refractivity contribution in [2.45, 2.75) is 59.0 Å². The van der Waals surface area contributed by atoms with Crippen molar-refractivity contribution in [3.63, 3.8) is 0 Å². The SMILES string of the molecule is CCCCCCCn1c(=O)nc2n(CC)c3c(-c4cccs4)sc(-c4ccc(Br)s4)c3nc-2c1=O. The summed E-state index contributed by atoms with van der Waals surface area (Å²) in [5, 5.41) is 2.06. The van der Waals surface area contributed by atoms with Gasteiger partial charge in [0.2, 0.25) is 0 Å². The average molecular weight is 590 g/mol. The second-order valence-electron chi connectivity index (χ2n) is 8.33. The lowest BCUT2D eigenvalue weighted by Gasteiger charge is -2.16. The van der Waals surface area contributed by atoms with Crippen LogP contribution in [0, 0.1) is 0 Å². The van der Waals surface area contributed by atoms with E-state index >= 15 is 0 Å². The van der Waals surface area contributed by atoms with Gasteiger partial charge in [0, 0.05) is 22.8 Å². The fourth-order valence-corrected chi connectivity index (χ4v) is 7.94. The molecule has 0 amide bonds.